The van der Waals surface area contributed by atoms with Crippen molar-refractivity contribution in [1.82, 2.24) is 4.98 Å². The van der Waals surface area contributed by atoms with Crippen LogP contribution >= 0.6 is 11.6 Å². The Balaban J connectivity index is 2.76. The third-order valence-electron chi connectivity index (χ3n) is 1.39. The van der Waals surface area contributed by atoms with E-state index in [4.69, 9.17) is 17.4 Å². The molecule has 0 fully saturated rings. The number of halogens is 1. The minimum atomic E-state index is -0.0238. The fourth-order valence-electron chi connectivity index (χ4n) is 0.878. The molecule has 1 heterocycles. The summed E-state index contributed by atoms with van der Waals surface area (Å²) in [6.07, 6.45) is 0. The number of pyridine rings is 1. The van der Waals surface area contributed by atoms with Crippen molar-refractivity contribution in [2.45, 2.75) is 6.92 Å². The predicted octanol–water partition coefficient (Wildman–Crippen LogP) is 1.00. The van der Waals surface area contributed by atoms with E-state index in [1.54, 1.807) is 18.2 Å². The van der Waals surface area contributed by atoms with E-state index >= 15 is 0 Å². The second kappa shape index (κ2) is 4.20. The normalized spacial score (nSPS) is 9.77. The number of ketones is 1. The molecule has 0 atom stereocenters. The summed E-state index contributed by atoms with van der Waals surface area (Å²) in [6, 6.07) is 5.06. The van der Waals surface area contributed by atoms with Gasteiger partial charge in [-0.15, -0.1) is 0 Å². The summed E-state index contributed by atoms with van der Waals surface area (Å²) in [6.45, 7) is 1.59. The molecule has 5 heteroatoms. The zero-order valence-corrected chi connectivity index (χ0v) is 7.95. The van der Waals surface area contributed by atoms with Gasteiger partial charge in [-0.1, -0.05) is 17.7 Å². The largest absolute Gasteiger partial charge is 0.298 e. The molecule has 0 radical (unpaired) electrons. The highest BCUT2D eigenvalue weighted by atomic mass is 35.5. The number of nitrogens with two attached hydrogens (primary N) is 1. The van der Waals surface area contributed by atoms with Crippen LogP contribution in [0.25, 0.3) is 0 Å². The molecule has 4 nitrogen and oxygen atoms in total. The van der Waals surface area contributed by atoms with Crippen LogP contribution in [0.4, 0.5) is 5.82 Å². The van der Waals surface area contributed by atoms with Gasteiger partial charge in [-0.05, 0) is 19.1 Å². The summed E-state index contributed by atoms with van der Waals surface area (Å²) in [7, 11) is 0. The maximum absolute atomic E-state index is 10.7. The van der Waals surface area contributed by atoms with E-state index in [1.165, 1.54) is 11.9 Å². The van der Waals surface area contributed by atoms with Crippen molar-refractivity contribution in [1.29, 1.82) is 0 Å². The number of carbonyl (C=O) groups is 1. The standard InChI is InChI=1S/C8H10ClN3O/c1-6(13)5-12(10)8-4-2-3-7(9)11-8/h2-4H,5,10H2,1H3. The van der Waals surface area contributed by atoms with E-state index in [2.05, 4.69) is 4.98 Å². The van der Waals surface area contributed by atoms with Crippen LogP contribution in [0, 0.1) is 0 Å². The quantitative estimate of drug-likeness (QED) is 0.448. The Bertz CT molecular complexity index is 316. The van der Waals surface area contributed by atoms with E-state index in [0.717, 1.165) is 0 Å². The Morgan fingerprint density at radius 2 is 2.38 bits per heavy atom. The lowest BCUT2D eigenvalue weighted by molar-refractivity contribution is -0.115. The van der Waals surface area contributed by atoms with Gasteiger partial charge in [0.15, 0.2) is 5.78 Å². The van der Waals surface area contributed by atoms with Gasteiger partial charge in [0.25, 0.3) is 0 Å². The van der Waals surface area contributed by atoms with Crippen molar-refractivity contribution in [2.24, 2.45) is 5.84 Å². The Hall–Kier alpha value is -1.13. The van der Waals surface area contributed by atoms with Crippen molar-refractivity contribution in [3.63, 3.8) is 0 Å². The van der Waals surface area contributed by atoms with E-state index in [-0.39, 0.29) is 12.3 Å². The molecule has 1 aromatic heterocycles. The van der Waals surface area contributed by atoms with Gasteiger partial charge < -0.3 is 0 Å². The Morgan fingerprint density at radius 3 is 2.92 bits per heavy atom. The lowest BCUT2D eigenvalue weighted by atomic mass is 10.4. The predicted molar refractivity (Wildman–Crippen MR) is 51.5 cm³/mol. The maximum Gasteiger partial charge on any atom is 0.150 e. The number of hydrogen-bond donors (Lipinski definition) is 1. The first kappa shape index (κ1) is 9.95. The van der Waals surface area contributed by atoms with Crippen LogP contribution in [0.15, 0.2) is 18.2 Å². The van der Waals surface area contributed by atoms with Crippen molar-refractivity contribution in [3.05, 3.63) is 23.4 Å². The van der Waals surface area contributed by atoms with Crippen molar-refractivity contribution < 1.29 is 4.79 Å². The molecule has 0 aliphatic carbocycles. The molecule has 0 saturated heterocycles. The molecule has 0 spiro atoms. The van der Waals surface area contributed by atoms with Gasteiger partial charge >= 0.3 is 0 Å². The first-order valence-electron chi connectivity index (χ1n) is 3.74. The van der Waals surface area contributed by atoms with Gasteiger partial charge in [0.1, 0.15) is 11.0 Å². The number of rotatable bonds is 3. The van der Waals surface area contributed by atoms with Gasteiger partial charge in [-0.25, -0.2) is 10.8 Å². The topological polar surface area (TPSA) is 59.2 Å². The smallest absolute Gasteiger partial charge is 0.150 e. The first-order chi connectivity index (χ1) is 6.09. The molecule has 2 N–H and O–H groups in total. The monoisotopic (exact) mass is 199 g/mol. The molecule has 1 rings (SSSR count). The molecule has 13 heavy (non-hydrogen) atoms. The number of carbonyl (C=O) groups excluding carboxylic acids is 1. The Morgan fingerprint density at radius 1 is 1.69 bits per heavy atom. The minimum Gasteiger partial charge on any atom is -0.298 e. The molecule has 0 bridgehead atoms. The minimum absolute atomic E-state index is 0.0238. The van der Waals surface area contributed by atoms with Gasteiger partial charge in [0.05, 0.1) is 6.54 Å². The summed E-state index contributed by atoms with van der Waals surface area (Å²) in [4.78, 5) is 14.7. The average Bonchev–Trinajstić information content (AvgIpc) is 2.03. The maximum atomic E-state index is 10.7. The van der Waals surface area contributed by atoms with E-state index in [0.29, 0.717) is 11.0 Å². The van der Waals surface area contributed by atoms with Crippen molar-refractivity contribution in [2.75, 3.05) is 11.6 Å². The van der Waals surface area contributed by atoms with E-state index in [9.17, 15) is 4.79 Å². The van der Waals surface area contributed by atoms with Gasteiger partial charge in [-0.3, -0.25) is 9.80 Å². The third-order valence-corrected chi connectivity index (χ3v) is 1.60. The van der Waals surface area contributed by atoms with E-state index in [1.807, 2.05) is 0 Å². The molecule has 1 aromatic rings. The number of hydrogen-bond acceptors (Lipinski definition) is 4. The summed E-state index contributed by atoms with van der Waals surface area (Å²) < 4.78 is 0. The van der Waals surface area contributed by atoms with Crippen LogP contribution < -0.4 is 10.9 Å². The number of aromatic nitrogens is 1. The van der Waals surface area contributed by atoms with Gasteiger partial charge in [0.2, 0.25) is 0 Å². The number of anilines is 1. The molecule has 0 amide bonds. The molecule has 0 saturated carbocycles. The SMILES string of the molecule is CC(=O)CN(N)c1cccc(Cl)n1. The summed E-state index contributed by atoms with van der Waals surface area (Å²) in [5.41, 5.74) is 0. The number of Topliss-reactive ketones (excluding diaryl/α,β-unsaturated/α-hetero) is 1. The summed E-state index contributed by atoms with van der Waals surface area (Å²) in [5, 5.41) is 1.62. The molecule has 0 aliphatic heterocycles. The highest BCUT2D eigenvalue weighted by molar-refractivity contribution is 6.29. The highest BCUT2D eigenvalue weighted by Gasteiger charge is 2.05. The van der Waals surface area contributed by atoms with Crippen LogP contribution in [-0.2, 0) is 4.79 Å². The lowest BCUT2D eigenvalue weighted by Gasteiger charge is -2.15. The zero-order chi connectivity index (χ0) is 9.84. The second-order valence-electron chi connectivity index (χ2n) is 2.65. The van der Waals surface area contributed by atoms with Crippen molar-refractivity contribution in [3.8, 4) is 0 Å². The van der Waals surface area contributed by atoms with Gasteiger partial charge in [0, 0.05) is 0 Å². The van der Waals surface area contributed by atoms with E-state index < -0.39 is 0 Å². The fraction of sp³-hybridized carbons (Fsp3) is 0.250. The number of nitrogens with zero attached hydrogens (tertiary/aromatic N) is 2. The van der Waals surface area contributed by atoms with Crippen LogP contribution in [-0.4, -0.2) is 17.3 Å². The molecule has 0 aromatic carbocycles. The third kappa shape index (κ3) is 3.01. The lowest BCUT2D eigenvalue weighted by Crippen LogP contribution is -2.35. The number of hydrazine groups is 1. The fourth-order valence-corrected chi connectivity index (χ4v) is 1.04. The summed E-state index contributed by atoms with van der Waals surface area (Å²) in [5.74, 6) is 6.02. The van der Waals surface area contributed by atoms with Gasteiger partial charge in [-0.2, -0.15) is 0 Å². The van der Waals surface area contributed by atoms with Crippen LogP contribution in [0.2, 0.25) is 5.15 Å². The van der Waals surface area contributed by atoms with Crippen LogP contribution in [0.5, 0.6) is 0 Å². The second-order valence-corrected chi connectivity index (χ2v) is 3.04. The zero-order valence-electron chi connectivity index (χ0n) is 7.20. The molecular formula is C8H10ClN3O. The summed E-state index contributed by atoms with van der Waals surface area (Å²) >= 11 is 5.65. The highest BCUT2D eigenvalue weighted by Crippen LogP contribution is 2.11. The molecule has 0 aliphatic rings. The van der Waals surface area contributed by atoms with Crippen LogP contribution in [0.1, 0.15) is 6.92 Å². The Kier molecular flexibility index (Phi) is 3.22. The molecule has 0 unspecified atom stereocenters. The molecular weight excluding hydrogens is 190 g/mol. The Labute approximate surface area is 81.3 Å². The first-order valence-corrected chi connectivity index (χ1v) is 4.11. The average molecular weight is 200 g/mol. The van der Waals surface area contributed by atoms with Crippen molar-refractivity contribution >= 4 is 23.2 Å². The molecule has 70 valence electrons. The van der Waals surface area contributed by atoms with Crippen LogP contribution in [0.3, 0.4) is 0 Å².